The van der Waals surface area contributed by atoms with Crippen LogP contribution in [-0.2, 0) is 14.8 Å². The third kappa shape index (κ3) is 5.84. The third-order valence-electron chi connectivity index (χ3n) is 4.55. The summed E-state index contributed by atoms with van der Waals surface area (Å²) in [5.41, 5.74) is 3.16. The van der Waals surface area contributed by atoms with Gasteiger partial charge in [-0.05, 0) is 36.2 Å². The Morgan fingerprint density at radius 3 is 2.37 bits per heavy atom. The van der Waals surface area contributed by atoms with Crippen LogP contribution in [-0.4, -0.2) is 27.1 Å². The molecule has 3 aromatic carbocycles. The fraction of sp³-hybridized carbons (Fsp3) is 0.174. The minimum Gasteiger partial charge on any atom is -0.326 e. The van der Waals surface area contributed by atoms with Crippen molar-refractivity contribution in [3.63, 3.8) is 0 Å². The van der Waals surface area contributed by atoms with Crippen molar-refractivity contribution in [2.24, 2.45) is 0 Å². The lowest BCUT2D eigenvalue weighted by Gasteiger charge is -2.22. The van der Waals surface area contributed by atoms with Gasteiger partial charge in [-0.2, -0.15) is 0 Å². The van der Waals surface area contributed by atoms with Crippen LogP contribution < -0.4 is 9.62 Å². The highest BCUT2D eigenvalue weighted by molar-refractivity contribution is 7.92. The number of carbonyl (C=O) groups is 1. The highest BCUT2D eigenvalue weighted by atomic mass is 35.5. The smallest absolute Gasteiger partial charge is 0.232 e. The molecule has 0 spiro atoms. The molecule has 0 aliphatic heterocycles. The van der Waals surface area contributed by atoms with Gasteiger partial charge >= 0.3 is 0 Å². The fourth-order valence-corrected chi connectivity index (χ4v) is 4.32. The highest BCUT2D eigenvalue weighted by Crippen LogP contribution is 2.28. The van der Waals surface area contributed by atoms with Crippen molar-refractivity contribution < 1.29 is 13.2 Å². The Bertz CT molecular complexity index is 1120. The molecule has 30 heavy (non-hydrogen) atoms. The van der Waals surface area contributed by atoms with Gasteiger partial charge in [0.1, 0.15) is 0 Å². The largest absolute Gasteiger partial charge is 0.326 e. The maximum absolute atomic E-state index is 12.5. The van der Waals surface area contributed by atoms with E-state index in [-0.39, 0.29) is 18.9 Å². The number of hydrogen-bond acceptors (Lipinski definition) is 3. The summed E-state index contributed by atoms with van der Waals surface area (Å²) in [6, 6.07) is 24.1. The molecule has 0 fully saturated rings. The summed E-state index contributed by atoms with van der Waals surface area (Å²) in [4.78, 5) is 12.5. The molecule has 1 amide bonds. The van der Waals surface area contributed by atoms with Crippen molar-refractivity contribution in [3.8, 4) is 11.1 Å². The van der Waals surface area contributed by atoms with E-state index in [9.17, 15) is 13.2 Å². The van der Waals surface area contributed by atoms with Crippen LogP contribution in [0.15, 0.2) is 78.9 Å². The van der Waals surface area contributed by atoms with Gasteiger partial charge in [0.2, 0.25) is 15.9 Å². The van der Waals surface area contributed by atoms with Crippen LogP contribution in [0.3, 0.4) is 0 Å². The number of halogens is 1. The van der Waals surface area contributed by atoms with Crippen molar-refractivity contribution in [2.75, 3.05) is 22.4 Å². The Kier molecular flexibility index (Phi) is 7.13. The Morgan fingerprint density at radius 2 is 1.67 bits per heavy atom. The molecule has 5 nitrogen and oxygen atoms in total. The van der Waals surface area contributed by atoms with Gasteiger partial charge in [-0.15, -0.1) is 0 Å². The summed E-state index contributed by atoms with van der Waals surface area (Å²) in [6.07, 6.45) is 1.71. The molecule has 0 unspecified atom stereocenters. The summed E-state index contributed by atoms with van der Waals surface area (Å²) in [5.74, 6) is -0.169. The molecular weight excluding hydrogens is 420 g/mol. The number of nitrogens with zero attached hydrogens (tertiary/aromatic N) is 1. The van der Waals surface area contributed by atoms with E-state index in [0.717, 1.165) is 23.1 Å². The predicted molar refractivity (Wildman–Crippen MR) is 123 cm³/mol. The van der Waals surface area contributed by atoms with Crippen molar-refractivity contribution in [2.45, 2.75) is 12.8 Å². The summed E-state index contributed by atoms with van der Waals surface area (Å²) in [5, 5.41) is 3.40. The maximum Gasteiger partial charge on any atom is 0.232 e. The van der Waals surface area contributed by atoms with Crippen LogP contribution in [0.4, 0.5) is 11.4 Å². The first-order valence-electron chi connectivity index (χ1n) is 9.52. The maximum atomic E-state index is 12.5. The topological polar surface area (TPSA) is 66.5 Å². The van der Waals surface area contributed by atoms with Crippen LogP contribution in [0.2, 0.25) is 5.02 Å². The fourth-order valence-electron chi connectivity index (χ4n) is 3.18. The molecule has 0 aliphatic rings. The standard InChI is InChI=1S/C23H23ClN2O3S/c1-30(28,29)26(20-12-7-11-19(24)17-20)16-8-15-23(27)25-22-14-6-5-13-21(22)18-9-3-2-4-10-18/h2-7,9-14,17H,8,15-16H2,1H3,(H,25,27). The summed E-state index contributed by atoms with van der Waals surface area (Å²) in [6.45, 7) is 0.187. The van der Waals surface area contributed by atoms with Crippen molar-refractivity contribution in [1.29, 1.82) is 0 Å². The number of nitrogens with one attached hydrogen (secondary N) is 1. The molecule has 1 N–H and O–H groups in total. The molecular formula is C23H23ClN2O3S. The molecule has 0 aliphatic carbocycles. The van der Waals surface area contributed by atoms with E-state index >= 15 is 0 Å². The van der Waals surface area contributed by atoms with E-state index in [1.807, 2.05) is 54.6 Å². The van der Waals surface area contributed by atoms with Crippen LogP contribution >= 0.6 is 11.6 Å². The first kappa shape index (κ1) is 21.9. The second-order valence-corrected chi connectivity index (χ2v) is 9.22. The zero-order valence-electron chi connectivity index (χ0n) is 16.6. The lowest BCUT2D eigenvalue weighted by atomic mass is 10.0. The number of hydrogen-bond donors (Lipinski definition) is 1. The number of rotatable bonds is 8. The number of anilines is 2. The molecule has 0 atom stereocenters. The number of amides is 1. The molecule has 3 rings (SSSR count). The minimum absolute atomic E-state index is 0.169. The molecule has 3 aromatic rings. The summed E-state index contributed by atoms with van der Waals surface area (Å²) >= 11 is 5.99. The summed E-state index contributed by atoms with van der Waals surface area (Å²) in [7, 11) is -3.49. The quantitative estimate of drug-likeness (QED) is 0.521. The van der Waals surface area contributed by atoms with Gasteiger partial charge in [0.05, 0.1) is 11.9 Å². The first-order valence-corrected chi connectivity index (χ1v) is 11.7. The highest BCUT2D eigenvalue weighted by Gasteiger charge is 2.18. The average molecular weight is 443 g/mol. The second-order valence-electron chi connectivity index (χ2n) is 6.88. The Balaban J connectivity index is 1.65. The van der Waals surface area contributed by atoms with Gasteiger partial charge in [-0.3, -0.25) is 9.10 Å². The van der Waals surface area contributed by atoms with Gasteiger partial charge in [0.15, 0.2) is 0 Å². The van der Waals surface area contributed by atoms with Gasteiger partial charge in [-0.25, -0.2) is 8.42 Å². The monoisotopic (exact) mass is 442 g/mol. The first-order chi connectivity index (χ1) is 14.3. The molecule has 0 aromatic heterocycles. The van der Waals surface area contributed by atoms with Crippen molar-refractivity contribution in [3.05, 3.63) is 83.9 Å². The molecule has 156 valence electrons. The number of sulfonamides is 1. The van der Waals surface area contributed by atoms with E-state index in [0.29, 0.717) is 17.1 Å². The van der Waals surface area contributed by atoms with Crippen LogP contribution in [0.5, 0.6) is 0 Å². The molecule has 0 heterocycles. The zero-order chi connectivity index (χ0) is 21.6. The van der Waals surface area contributed by atoms with Gasteiger partial charge in [-0.1, -0.05) is 66.2 Å². The van der Waals surface area contributed by atoms with Crippen molar-refractivity contribution >= 4 is 38.9 Å². The average Bonchev–Trinajstić information content (AvgIpc) is 2.71. The molecule has 7 heteroatoms. The van der Waals surface area contributed by atoms with Gasteiger partial charge in [0, 0.05) is 29.2 Å². The number of carbonyl (C=O) groups excluding carboxylic acids is 1. The Hall–Kier alpha value is -2.83. The van der Waals surface area contributed by atoms with Gasteiger partial charge in [0.25, 0.3) is 0 Å². The van der Waals surface area contributed by atoms with Crippen molar-refractivity contribution in [1.82, 2.24) is 0 Å². The molecule has 0 bridgehead atoms. The van der Waals surface area contributed by atoms with Gasteiger partial charge < -0.3 is 5.32 Å². The molecule has 0 radical (unpaired) electrons. The minimum atomic E-state index is -3.49. The molecule has 0 saturated heterocycles. The zero-order valence-corrected chi connectivity index (χ0v) is 18.2. The molecule has 0 saturated carbocycles. The van der Waals surface area contributed by atoms with E-state index in [2.05, 4.69) is 5.32 Å². The van der Waals surface area contributed by atoms with Crippen LogP contribution in [0, 0.1) is 0 Å². The van der Waals surface area contributed by atoms with E-state index in [1.165, 1.54) is 4.31 Å². The number of para-hydroxylation sites is 1. The third-order valence-corrected chi connectivity index (χ3v) is 5.98. The normalized spacial score (nSPS) is 11.1. The Labute approximate surface area is 182 Å². The lowest BCUT2D eigenvalue weighted by molar-refractivity contribution is -0.116. The van der Waals surface area contributed by atoms with E-state index in [1.54, 1.807) is 24.3 Å². The summed E-state index contributed by atoms with van der Waals surface area (Å²) < 4.78 is 25.7. The predicted octanol–water partition coefficient (Wildman–Crippen LogP) is 5.19. The number of benzene rings is 3. The van der Waals surface area contributed by atoms with E-state index in [4.69, 9.17) is 11.6 Å². The second kappa shape index (κ2) is 9.78. The SMILES string of the molecule is CS(=O)(=O)N(CCCC(=O)Nc1ccccc1-c1ccccc1)c1cccc(Cl)c1. The van der Waals surface area contributed by atoms with Crippen LogP contribution in [0.25, 0.3) is 11.1 Å². The lowest BCUT2D eigenvalue weighted by Crippen LogP contribution is -2.31. The van der Waals surface area contributed by atoms with E-state index < -0.39 is 10.0 Å². The van der Waals surface area contributed by atoms with Crippen LogP contribution in [0.1, 0.15) is 12.8 Å². The Morgan fingerprint density at radius 1 is 0.967 bits per heavy atom.